The Morgan fingerprint density at radius 3 is 2.65 bits per heavy atom. The lowest BCUT2D eigenvalue weighted by Crippen LogP contribution is -2.53. The van der Waals surface area contributed by atoms with Crippen LogP contribution in [0.4, 0.5) is 0 Å². The summed E-state index contributed by atoms with van der Waals surface area (Å²) in [6.07, 6.45) is 5.14. The lowest BCUT2D eigenvalue weighted by molar-refractivity contribution is 0.0406. The van der Waals surface area contributed by atoms with Gasteiger partial charge in [-0.15, -0.1) is 0 Å². The fourth-order valence-electron chi connectivity index (χ4n) is 3.63. The van der Waals surface area contributed by atoms with Gasteiger partial charge in [-0.25, -0.2) is 4.98 Å². The molecular weight excluding hydrogens is 248 g/mol. The van der Waals surface area contributed by atoms with Gasteiger partial charge in [0, 0.05) is 43.2 Å². The maximum Gasteiger partial charge on any atom is 0.111 e. The minimum Gasteiger partial charge on any atom is -0.330 e. The van der Waals surface area contributed by atoms with E-state index >= 15 is 0 Å². The van der Waals surface area contributed by atoms with Gasteiger partial charge in [-0.1, -0.05) is 13.8 Å². The number of fused-ring (bicyclic) bond motifs is 1. The third-order valence-electron chi connectivity index (χ3n) is 5.22. The summed E-state index contributed by atoms with van der Waals surface area (Å²) in [5, 5.41) is 3.45. The minimum absolute atomic E-state index is 0.364. The number of nitrogens with zero attached hydrogens (tertiary/aromatic N) is 3. The largest absolute Gasteiger partial charge is 0.330 e. The zero-order valence-corrected chi connectivity index (χ0v) is 13.4. The summed E-state index contributed by atoms with van der Waals surface area (Å²) < 4.78 is 2.56. The molecule has 2 aliphatic rings. The summed E-state index contributed by atoms with van der Waals surface area (Å²) in [7, 11) is 4.47. The van der Waals surface area contributed by atoms with Crippen molar-refractivity contribution in [2.24, 2.45) is 0 Å². The first-order valence-electron chi connectivity index (χ1n) is 8.00. The van der Waals surface area contributed by atoms with Crippen molar-refractivity contribution in [1.29, 1.82) is 0 Å². The molecule has 0 saturated heterocycles. The molecule has 1 aromatic heterocycles. The molecule has 1 fully saturated rings. The number of nitrogens with one attached hydrogen (secondary N) is 1. The molecule has 0 unspecified atom stereocenters. The van der Waals surface area contributed by atoms with Crippen LogP contribution in [0.2, 0.25) is 0 Å². The fraction of sp³-hybridized carbons (Fsp3) is 0.812. The summed E-state index contributed by atoms with van der Waals surface area (Å²) in [4.78, 5) is 7.37. The van der Waals surface area contributed by atoms with Gasteiger partial charge in [-0.2, -0.15) is 0 Å². The number of aromatic nitrogens is 2. The Bertz CT molecular complexity index is 483. The molecule has 1 aromatic rings. The van der Waals surface area contributed by atoms with Gasteiger partial charge in [0.05, 0.1) is 5.69 Å². The first kappa shape index (κ1) is 14.1. The summed E-state index contributed by atoms with van der Waals surface area (Å²) in [5.41, 5.74) is 3.14. The normalized spacial score (nSPS) is 21.1. The Hall–Kier alpha value is -0.870. The number of likely N-dealkylation sites (N-methyl/N-ethyl adjacent to an activating group) is 1. The van der Waals surface area contributed by atoms with Crippen molar-refractivity contribution in [3.63, 3.8) is 0 Å². The van der Waals surface area contributed by atoms with Gasteiger partial charge in [0.25, 0.3) is 0 Å². The zero-order chi connectivity index (χ0) is 14.3. The van der Waals surface area contributed by atoms with E-state index in [0.29, 0.717) is 11.5 Å². The SMILES string of the molecule is CC(C)c1nc2c(n1CC1(N(C)C)CCC1)CCNC2. The van der Waals surface area contributed by atoms with Gasteiger partial charge in [0.1, 0.15) is 5.82 Å². The molecule has 1 aliphatic carbocycles. The van der Waals surface area contributed by atoms with Gasteiger partial charge in [-0.3, -0.25) is 0 Å². The number of hydrogen-bond acceptors (Lipinski definition) is 3. The van der Waals surface area contributed by atoms with Crippen LogP contribution in [0.5, 0.6) is 0 Å². The van der Waals surface area contributed by atoms with Crippen molar-refractivity contribution < 1.29 is 0 Å². The summed E-state index contributed by atoms with van der Waals surface area (Å²) in [5.74, 6) is 1.78. The molecule has 0 amide bonds. The average molecular weight is 276 g/mol. The molecule has 20 heavy (non-hydrogen) atoms. The molecule has 3 rings (SSSR count). The molecular formula is C16H28N4. The molecule has 0 radical (unpaired) electrons. The van der Waals surface area contributed by atoms with Gasteiger partial charge in [0.15, 0.2) is 0 Å². The summed E-state index contributed by atoms with van der Waals surface area (Å²) in [6, 6.07) is 0. The first-order valence-corrected chi connectivity index (χ1v) is 8.00. The van der Waals surface area contributed by atoms with Crippen LogP contribution >= 0.6 is 0 Å². The van der Waals surface area contributed by atoms with E-state index in [4.69, 9.17) is 4.98 Å². The molecule has 2 heterocycles. The Kier molecular flexibility index (Phi) is 3.63. The Morgan fingerprint density at radius 2 is 2.10 bits per heavy atom. The molecule has 0 spiro atoms. The van der Waals surface area contributed by atoms with Crippen LogP contribution in [0, 0.1) is 0 Å². The van der Waals surface area contributed by atoms with Crippen molar-refractivity contribution in [3.8, 4) is 0 Å². The third kappa shape index (κ3) is 2.19. The molecule has 112 valence electrons. The van der Waals surface area contributed by atoms with E-state index in [-0.39, 0.29) is 0 Å². The summed E-state index contributed by atoms with van der Waals surface area (Å²) in [6.45, 7) is 7.68. The van der Waals surface area contributed by atoms with Crippen molar-refractivity contribution >= 4 is 0 Å². The minimum atomic E-state index is 0.364. The lowest BCUT2D eigenvalue weighted by atomic mass is 9.75. The molecule has 1 N–H and O–H groups in total. The number of imidazole rings is 1. The second kappa shape index (κ2) is 5.15. The van der Waals surface area contributed by atoms with Gasteiger partial charge < -0.3 is 14.8 Å². The average Bonchev–Trinajstić information content (AvgIpc) is 2.72. The highest BCUT2D eigenvalue weighted by Crippen LogP contribution is 2.39. The second-order valence-electron chi connectivity index (χ2n) is 7.00. The maximum absolute atomic E-state index is 4.93. The van der Waals surface area contributed by atoms with Crippen molar-refractivity contribution in [1.82, 2.24) is 19.8 Å². The van der Waals surface area contributed by atoms with Crippen molar-refractivity contribution in [2.45, 2.75) is 64.1 Å². The van der Waals surface area contributed by atoms with Crippen LogP contribution in [0.3, 0.4) is 0 Å². The Labute approximate surface area is 122 Å². The van der Waals surface area contributed by atoms with E-state index < -0.39 is 0 Å². The van der Waals surface area contributed by atoms with Crippen LogP contribution in [-0.4, -0.2) is 40.6 Å². The van der Waals surface area contributed by atoms with Crippen LogP contribution in [0.15, 0.2) is 0 Å². The van der Waals surface area contributed by atoms with Crippen LogP contribution in [0.1, 0.15) is 56.2 Å². The molecule has 0 atom stereocenters. The van der Waals surface area contributed by atoms with Crippen LogP contribution in [0.25, 0.3) is 0 Å². The van der Waals surface area contributed by atoms with Crippen LogP contribution in [-0.2, 0) is 19.5 Å². The molecule has 4 nitrogen and oxygen atoms in total. The summed E-state index contributed by atoms with van der Waals surface area (Å²) >= 11 is 0. The predicted molar refractivity (Wildman–Crippen MR) is 82.0 cm³/mol. The zero-order valence-electron chi connectivity index (χ0n) is 13.4. The highest BCUT2D eigenvalue weighted by molar-refractivity contribution is 5.22. The van der Waals surface area contributed by atoms with Crippen molar-refractivity contribution in [2.75, 3.05) is 20.6 Å². The Balaban J connectivity index is 1.97. The monoisotopic (exact) mass is 276 g/mol. The van der Waals surface area contributed by atoms with E-state index in [1.165, 1.54) is 36.5 Å². The fourth-order valence-corrected chi connectivity index (χ4v) is 3.63. The first-order chi connectivity index (χ1) is 9.53. The van der Waals surface area contributed by atoms with Crippen molar-refractivity contribution in [3.05, 3.63) is 17.2 Å². The van der Waals surface area contributed by atoms with Gasteiger partial charge >= 0.3 is 0 Å². The molecule has 0 aromatic carbocycles. The standard InChI is InChI=1S/C16H28N4/c1-12(2)15-18-13-10-17-9-6-14(13)20(15)11-16(19(3)4)7-5-8-16/h12,17H,5-11H2,1-4H3. The molecule has 1 aliphatic heterocycles. The van der Waals surface area contributed by atoms with E-state index in [0.717, 1.165) is 26.1 Å². The van der Waals surface area contributed by atoms with Crippen LogP contribution < -0.4 is 5.32 Å². The third-order valence-corrected chi connectivity index (χ3v) is 5.22. The maximum atomic E-state index is 4.93. The van der Waals surface area contributed by atoms with Gasteiger partial charge in [-0.05, 0) is 33.4 Å². The quantitative estimate of drug-likeness (QED) is 0.914. The van der Waals surface area contributed by atoms with Gasteiger partial charge in [0.2, 0.25) is 0 Å². The van der Waals surface area contributed by atoms with E-state index in [9.17, 15) is 0 Å². The number of hydrogen-bond donors (Lipinski definition) is 1. The van der Waals surface area contributed by atoms with E-state index in [2.05, 4.69) is 42.7 Å². The lowest BCUT2D eigenvalue weighted by Gasteiger charge is -2.48. The van der Waals surface area contributed by atoms with E-state index in [1.54, 1.807) is 0 Å². The smallest absolute Gasteiger partial charge is 0.111 e. The van der Waals surface area contributed by atoms with E-state index in [1.807, 2.05) is 0 Å². The highest BCUT2D eigenvalue weighted by Gasteiger charge is 2.40. The molecule has 0 bridgehead atoms. The number of rotatable bonds is 4. The predicted octanol–water partition coefficient (Wildman–Crippen LogP) is 2.14. The Morgan fingerprint density at radius 1 is 1.35 bits per heavy atom. The second-order valence-corrected chi connectivity index (χ2v) is 7.00. The molecule has 1 saturated carbocycles. The molecule has 4 heteroatoms. The topological polar surface area (TPSA) is 33.1 Å². The highest BCUT2D eigenvalue weighted by atomic mass is 15.2.